The molecule has 4 rings (SSSR count). The van der Waals surface area contributed by atoms with Crippen LogP contribution >= 0.6 is 0 Å². The first-order valence-electron chi connectivity index (χ1n) is 10.0. The summed E-state index contributed by atoms with van der Waals surface area (Å²) in [6.45, 7) is 5.15. The Hall–Kier alpha value is -3.50. The Balaban J connectivity index is 1.49. The van der Waals surface area contributed by atoms with E-state index in [9.17, 15) is 10.4 Å². The number of benzene rings is 2. The van der Waals surface area contributed by atoms with E-state index in [-0.39, 0.29) is 17.4 Å². The number of aliphatic hydroxyl groups is 1. The molecule has 0 radical (unpaired) electrons. The topological polar surface area (TPSA) is 88.4 Å². The lowest BCUT2D eigenvalue weighted by molar-refractivity contribution is 0.178. The molecule has 7 heteroatoms. The first-order valence-corrected chi connectivity index (χ1v) is 10.0. The zero-order valence-corrected chi connectivity index (χ0v) is 17.2. The largest absolute Gasteiger partial charge is 0.509 e. The summed E-state index contributed by atoms with van der Waals surface area (Å²) in [5.41, 5.74) is 2.93. The van der Waals surface area contributed by atoms with Gasteiger partial charge in [-0.25, -0.2) is 4.98 Å². The van der Waals surface area contributed by atoms with Crippen LogP contribution in [0.5, 0.6) is 5.75 Å². The third-order valence-corrected chi connectivity index (χ3v) is 5.67. The number of allylic oxidation sites excluding steroid dienone is 1. The van der Waals surface area contributed by atoms with Crippen LogP contribution in [0.3, 0.4) is 0 Å². The SMILES string of the molecule is COc1cccc(N2CCN([C@@H](C)/C(O)=C(\C#N)c3nc4ccccc4[nH]3)CC2)c1. The van der Waals surface area contributed by atoms with E-state index in [1.54, 1.807) is 7.11 Å². The number of hydrogen-bond donors (Lipinski definition) is 2. The molecule has 0 aliphatic carbocycles. The van der Waals surface area contributed by atoms with Crippen molar-refractivity contribution >= 4 is 22.3 Å². The van der Waals surface area contributed by atoms with Gasteiger partial charge in [-0.05, 0) is 31.2 Å². The van der Waals surface area contributed by atoms with Gasteiger partial charge in [0.25, 0.3) is 0 Å². The van der Waals surface area contributed by atoms with Crippen LogP contribution in [0.2, 0.25) is 0 Å². The van der Waals surface area contributed by atoms with Gasteiger partial charge in [0.2, 0.25) is 0 Å². The average molecular weight is 403 g/mol. The zero-order chi connectivity index (χ0) is 21.1. The number of H-pyrrole nitrogens is 1. The maximum atomic E-state index is 10.9. The summed E-state index contributed by atoms with van der Waals surface area (Å²) >= 11 is 0. The molecule has 1 fully saturated rings. The summed E-state index contributed by atoms with van der Waals surface area (Å²) in [7, 11) is 1.67. The second kappa shape index (κ2) is 8.47. The lowest BCUT2D eigenvalue weighted by Gasteiger charge is -2.39. The van der Waals surface area contributed by atoms with Crippen molar-refractivity contribution in [2.75, 3.05) is 38.2 Å². The lowest BCUT2D eigenvalue weighted by atomic mass is 10.1. The van der Waals surface area contributed by atoms with E-state index in [0.717, 1.165) is 48.6 Å². The van der Waals surface area contributed by atoms with Crippen molar-refractivity contribution in [3.8, 4) is 11.8 Å². The van der Waals surface area contributed by atoms with Gasteiger partial charge in [0, 0.05) is 37.9 Å². The molecular formula is C23H25N5O2. The molecule has 30 heavy (non-hydrogen) atoms. The minimum Gasteiger partial charge on any atom is -0.509 e. The van der Waals surface area contributed by atoms with Gasteiger partial charge >= 0.3 is 0 Å². The molecule has 7 nitrogen and oxygen atoms in total. The average Bonchev–Trinajstić information content (AvgIpc) is 3.23. The molecule has 1 aliphatic rings. The number of piperazine rings is 1. The van der Waals surface area contributed by atoms with Crippen LogP contribution in [-0.4, -0.2) is 59.3 Å². The molecule has 2 aromatic carbocycles. The second-order valence-corrected chi connectivity index (χ2v) is 7.38. The summed E-state index contributed by atoms with van der Waals surface area (Å²) in [5, 5.41) is 20.6. The molecule has 3 aromatic rings. The lowest BCUT2D eigenvalue weighted by Crippen LogP contribution is -2.50. The van der Waals surface area contributed by atoms with Gasteiger partial charge in [-0.3, -0.25) is 4.90 Å². The van der Waals surface area contributed by atoms with E-state index in [2.05, 4.69) is 31.9 Å². The highest BCUT2D eigenvalue weighted by Gasteiger charge is 2.26. The molecule has 2 heterocycles. The summed E-state index contributed by atoms with van der Waals surface area (Å²) in [4.78, 5) is 12.1. The highest BCUT2D eigenvalue weighted by Crippen LogP contribution is 2.25. The summed E-state index contributed by atoms with van der Waals surface area (Å²) in [6.07, 6.45) is 0. The number of nitrogens with zero attached hydrogens (tertiary/aromatic N) is 4. The number of rotatable bonds is 5. The Morgan fingerprint density at radius 2 is 1.93 bits per heavy atom. The molecule has 1 aliphatic heterocycles. The van der Waals surface area contributed by atoms with Crippen LogP contribution in [0.15, 0.2) is 54.3 Å². The molecular weight excluding hydrogens is 378 g/mol. The fourth-order valence-electron chi connectivity index (χ4n) is 3.86. The van der Waals surface area contributed by atoms with Gasteiger partial charge in [-0.2, -0.15) is 5.26 Å². The summed E-state index contributed by atoms with van der Waals surface area (Å²) < 4.78 is 5.32. The minimum atomic E-state index is -0.277. The molecule has 0 amide bonds. The fraction of sp³-hybridized carbons (Fsp3) is 0.304. The van der Waals surface area contributed by atoms with Crippen molar-refractivity contribution in [1.82, 2.24) is 14.9 Å². The molecule has 2 N–H and O–H groups in total. The van der Waals surface area contributed by atoms with Crippen LogP contribution in [0.25, 0.3) is 16.6 Å². The Kier molecular flexibility index (Phi) is 5.59. The van der Waals surface area contributed by atoms with Crippen molar-refractivity contribution in [2.45, 2.75) is 13.0 Å². The maximum absolute atomic E-state index is 10.9. The van der Waals surface area contributed by atoms with E-state index < -0.39 is 0 Å². The number of nitriles is 1. The molecule has 0 spiro atoms. The first-order chi connectivity index (χ1) is 14.6. The number of aromatic amines is 1. The van der Waals surface area contributed by atoms with Gasteiger partial charge in [0.1, 0.15) is 23.2 Å². The van der Waals surface area contributed by atoms with E-state index >= 15 is 0 Å². The number of para-hydroxylation sites is 2. The van der Waals surface area contributed by atoms with E-state index in [4.69, 9.17) is 4.74 Å². The molecule has 154 valence electrons. The van der Waals surface area contributed by atoms with Crippen LogP contribution in [0, 0.1) is 11.3 Å². The van der Waals surface area contributed by atoms with Crippen molar-refractivity contribution in [2.24, 2.45) is 0 Å². The first kappa shape index (κ1) is 19.8. The van der Waals surface area contributed by atoms with E-state index in [0.29, 0.717) is 5.82 Å². The Labute approximate surface area is 175 Å². The van der Waals surface area contributed by atoms with Gasteiger partial charge < -0.3 is 19.7 Å². The Bertz CT molecular complexity index is 1070. The smallest absolute Gasteiger partial charge is 0.152 e. The maximum Gasteiger partial charge on any atom is 0.152 e. The number of nitrogens with one attached hydrogen (secondary N) is 1. The number of methoxy groups -OCH3 is 1. The quantitative estimate of drug-likeness (QED) is 0.500. The number of anilines is 1. The highest BCUT2D eigenvalue weighted by molar-refractivity contribution is 5.83. The van der Waals surface area contributed by atoms with Gasteiger partial charge in [-0.1, -0.05) is 18.2 Å². The van der Waals surface area contributed by atoms with Crippen molar-refractivity contribution in [3.63, 3.8) is 0 Å². The molecule has 0 bridgehead atoms. The third-order valence-electron chi connectivity index (χ3n) is 5.67. The number of fused-ring (bicyclic) bond motifs is 1. The van der Waals surface area contributed by atoms with Crippen LogP contribution in [0.4, 0.5) is 5.69 Å². The molecule has 0 saturated carbocycles. The van der Waals surface area contributed by atoms with E-state index in [1.165, 1.54) is 0 Å². The highest BCUT2D eigenvalue weighted by atomic mass is 16.5. The second-order valence-electron chi connectivity index (χ2n) is 7.38. The predicted octanol–water partition coefficient (Wildman–Crippen LogP) is 3.57. The standard InChI is InChI=1S/C23H25N5O2/c1-16(22(29)19(15-24)23-25-20-8-3-4-9-21(20)26-23)27-10-12-28(13-11-27)17-6-5-7-18(14-17)30-2/h3-9,14,16,29H,10-13H2,1-2H3,(H,25,26)/b22-19-/t16-/m0/s1. The van der Waals surface area contributed by atoms with Crippen molar-refractivity contribution in [1.29, 1.82) is 5.26 Å². The summed E-state index contributed by atoms with van der Waals surface area (Å²) in [6, 6.07) is 17.5. The normalized spacial score (nSPS) is 16.8. The molecule has 1 aromatic heterocycles. The molecule has 0 unspecified atom stereocenters. The van der Waals surface area contributed by atoms with Crippen LogP contribution < -0.4 is 9.64 Å². The number of hydrogen-bond acceptors (Lipinski definition) is 6. The third kappa shape index (κ3) is 3.82. The van der Waals surface area contributed by atoms with Crippen molar-refractivity contribution < 1.29 is 9.84 Å². The van der Waals surface area contributed by atoms with Crippen molar-refractivity contribution in [3.05, 3.63) is 60.1 Å². The number of ether oxygens (including phenoxy) is 1. The molecule has 1 atom stereocenters. The Morgan fingerprint density at radius 1 is 1.17 bits per heavy atom. The fourth-order valence-corrected chi connectivity index (χ4v) is 3.86. The van der Waals surface area contributed by atoms with Crippen LogP contribution in [0.1, 0.15) is 12.7 Å². The zero-order valence-electron chi connectivity index (χ0n) is 17.2. The number of imidazole rings is 1. The van der Waals surface area contributed by atoms with Crippen LogP contribution in [-0.2, 0) is 0 Å². The van der Waals surface area contributed by atoms with E-state index in [1.807, 2.05) is 49.4 Å². The minimum absolute atomic E-state index is 0.0476. The van der Waals surface area contributed by atoms with Gasteiger partial charge in [0.05, 0.1) is 24.2 Å². The van der Waals surface area contributed by atoms with Gasteiger partial charge in [-0.15, -0.1) is 0 Å². The number of aromatic nitrogens is 2. The Morgan fingerprint density at radius 3 is 2.63 bits per heavy atom. The summed E-state index contributed by atoms with van der Waals surface area (Å²) in [5.74, 6) is 1.29. The number of aliphatic hydroxyl groups excluding tert-OH is 1. The molecule has 1 saturated heterocycles. The predicted molar refractivity (Wildman–Crippen MR) is 117 cm³/mol. The van der Waals surface area contributed by atoms with Gasteiger partial charge in [0.15, 0.2) is 5.82 Å². The monoisotopic (exact) mass is 403 g/mol.